The molecule has 1 heterocycles. The number of benzene rings is 2. The zero-order valence-corrected chi connectivity index (χ0v) is 15.4. The second kappa shape index (κ2) is 6.08. The zero-order valence-electron chi connectivity index (χ0n) is 11.6. The van der Waals surface area contributed by atoms with Crippen molar-refractivity contribution in [2.24, 2.45) is 5.92 Å². The van der Waals surface area contributed by atoms with Crippen molar-refractivity contribution in [3.05, 3.63) is 61.6 Å². The molecule has 4 heteroatoms. The van der Waals surface area contributed by atoms with Gasteiger partial charge in [-0.3, -0.25) is 4.79 Å². The Labute approximate surface area is 146 Å². The van der Waals surface area contributed by atoms with E-state index < -0.39 is 0 Å². The van der Waals surface area contributed by atoms with Gasteiger partial charge in [0.05, 0.1) is 5.56 Å². The number of amides is 1. The SMILES string of the molecule is CC1Cc2ccccc2N(C(=O)c2cc(I)ccc2Br)C1. The van der Waals surface area contributed by atoms with Crippen molar-refractivity contribution in [3.63, 3.8) is 0 Å². The lowest BCUT2D eigenvalue weighted by Crippen LogP contribution is -2.39. The number of carbonyl (C=O) groups is 1. The molecule has 0 radical (unpaired) electrons. The first-order chi connectivity index (χ1) is 10.1. The van der Waals surface area contributed by atoms with Gasteiger partial charge < -0.3 is 4.90 Å². The van der Waals surface area contributed by atoms with Crippen LogP contribution in [-0.4, -0.2) is 12.5 Å². The molecular weight excluding hydrogens is 441 g/mol. The summed E-state index contributed by atoms with van der Waals surface area (Å²) in [5.41, 5.74) is 3.03. The van der Waals surface area contributed by atoms with Crippen LogP contribution in [0.25, 0.3) is 0 Å². The van der Waals surface area contributed by atoms with Crippen LogP contribution in [0.5, 0.6) is 0 Å². The Kier molecular flexibility index (Phi) is 4.36. The predicted octanol–water partition coefficient (Wildman–Crippen LogP) is 4.89. The van der Waals surface area contributed by atoms with E-state index in [9.17, 15) is 4.79 Å². The highest BCUT2D eigenvalue weighted by Crippen LogP contribution is 2.32. The molecule has 2 aromatic rings. The predicted molar refractivity (Wildman–Crippen MR) is 97.8 cm³/mol. The fraction of sp³-hybridized carbons (Fsp3) is 0.235. The van der Waals surface area contributed by atoms with Crippen LogP contribution in [0.15, 0.2) is 46.9 Å². The molecule has 108 valence electrons. The van der Waals surface area contributed by atoms with Gasteiger partial charge in [-0.05, 0) is 80.7 Å². The minimum absolute atomic E-state index is 0.0689. The van der Waals surface area contributed by atoms with Gasteiger partial charge in [0.1, 0.15) is 0 Å². The summed E-state index contributed by atoms with van der Waals surface area (Å²) in [6.45, 7) is 2.97. The van der Waals surface area contributed by atoms with Crippen molar-refractivity contribution in [2.45, 2.75) is 13.3 Å². The quantitative estimate of drug-likeness (QED) is 0.560. The van der Waals surface area contributed by atoms with Crippen LogP contribution in [-0.2, 0) is 6.42 Å². The smallest absolute Gasteiger partial charge is 0.259 e. The Hall–Kier alpha value is -0.880. The second-order valence-electron chi connectivity index (χ2n) is 5.48. The van der Waals surface area contributed by atoms with Gasteiger partial charge in [0.15, 0.2) is 0 Å². The third-order valence-corrected chi connectivity index (χ3v) is 5.11. The molecule has 1 atom stereocenters. The topological polar surface area (TPSA) is 20.3 Å². The van der Waals surface area contributed by atoms with Crippen LogP contribution in [0.1, 0.15) is 22.8 Å². The molecule has 0 saturated heterocycles. The Morgan fingerprint density at radius 2 is 2.05 bits per heavy atom. The fourth-order valence-corrected chi connectivity index (χ4v) is 3.70. The summed E-state index contributed by atoms with van der Waals surface area (Å²) in [7, 11) is 0. The molecule has 0 aromatic heterocycles. The number of nitrogens with zero attached hydrogens (tertiary/aromatic N) is 1. The first-order valence-corrected chi connectivity index (χ1v) is 8.78. The third-order valence-electron chi connectivity index (χ3n) is 3.75. The third kappa shape index (κ3) is 3.01. The highest BCUT2D eigenvalue weighted by molar-refractivity contribution is 14.1. The number of hydrogen-bond acceptors (Lipinski definition) is 1. The normalized spacial score (nSPS) is 17.5. The number of rotatable bonds is 1. The number of anilines is 1. The molecule has 0 fully saturated rings. The van der Waals surface area contributed by atoms with E-state index in [1.807, 2.05) is 41.3 Å². The molecule has 1 aliphatic rings. The maximum absolute atomic E-state index is 13.0. The average Bonchev–Trinajstić information content (AvgIpc) is 2.48. The summed E-state index contributed by atoms with van der Waals surface area (Å²) in [6, 6.07) is 14.1. The molecule has 0 saturated carbocycles. The van der Waals surface area contributed by atoms with Crippen molar-refractivity contribution in [1.82, 2.24) is 0 Å². The lowest BCUT2D eigenvalue weighted by atomic mass is 9.93. The van der Waals surface area contributed by atoms with Crippen LogP contribution >= 0.6 is 38.5 Å². The Bertz CT molecular complexity index is 701. The van der Waals surface area contributed by atoms with E-state index in [0.29, 0.717) is 5.92 Å². The number of hydrogen-bond donors (Lipinski definition) is 0. The Morgan fingerprint density at radius 3 is 2.86 bits per heavy atom. The zero-order chi connectivity index (χ0) is 15.0. The van der Waals surface area contributed by atoms with E-state index >= 15 is 0 Å². The molecule has 1 amide bonds. The highest BCUT2D eigenvalue weighted by Gasteiger charge is 2.27. The molecule has 2 nitrogen and oxygen atoms in total. The summed E-state index contributed by atoms with van der Waals surface area (Å²) in [6.07, 6.45) is 1.04. The van der Waals surface area contributed by atoms with Gasteiger partial charge in [-0.2, -0.15) is 0 Å². The first-order valence-electron chi connectivity index (χ1n) is 6.91. The van der Waals surface area contributed by atoms with E-state index in [1.165, 1.54) is 5.56 Å². The molecule has 3 rings (SSSR count). The van der Waals surface area contributed by atoms with Gasteiger partial charge in [-0.15, -0.1) is 0 Å². The summed E-state index contributed by atoms with van der Waals surface area (Å²) in [5.74, 6) is 0.546. The minimum Gasteiger partial charge on any atom is -0.308 e. The van der Waals surface area contributed by atoms with E-state index in [-0.39, 0.29) is 5.91 Å². The largest absolute Gasteiger partial charge is 0.308 e. The van der Waals surface area contributed by atoms with Crippen LogP contribution in [0.3, 0.4) is 0 Å². The molecule has 21 heavy (non-hydrogen) atoms. The van der Waals surface area contributed by atoms with Crippen LogP contribution < -0.4 is 4.90 Å². The molecule has 1 unspecified atom stereocenters. The maximum atomic E-state index is 13.0. The standard InChI is InChI=1S/C17H15BrINO/c1-11-8-12-4-2-3-5-16(12)20(10-11)17(21)14-9-13(19)6-7-15(14)18/h2-7,9,11H,8,10H2,1H3. The minimum atomic E-state index is 0.0689. The van der Waals surface area contributed by atoms with Crippen molar-refractivity contribution < 1.29 is 4.79 Å². The van der Waals surface area contributed by atoms with E-state index in [2.05, 4.69) is 51.5 Å². The van der Waals surface area contributed by atoms with Gasteiger partial charge in [-0.25, -0.2) is 0 Å². The van der Waals surface area contributed by atoms with Crippen molar-refractivity contribution in [2.75, 3.05) is 11.4 Å². The molecule has 0 spiro atoms. The van der Waals surface area contributed by atoms with Crippen molar-refractivity contribution in [1.29, 1.82) is 0 Å². The van der Waals surface area contributed by atoms with E-state index in [0.717, 1.165) is 32.3 Å². The first kappa shape index (κ1) is 15.0. The molecular formula is C17H15BrINO. The molecule has 1 aliphatic heterocycles. The van der Waals surface area contributed by atoms with Gasteiger partial charge in [-0.1, -0.05) is 25.1 Å². The average molecular weight is 456 g/mol. The fourth-order valence-electron chi connectivity index (χ4n) is 2.80. The number of para-hydroxylation sites is 1. The van der Waals surface area contributed by atoms with Crippen LogP contribution in [0.2, 0.25) is 0 Å². The number of fused-ring (bicyclic) bond motifs is 1. The highest BCUT2D eigenvalue weighted by atomic mass is 127. The monoisotopic (exact) mass is 455 g/mol. The van der Waals surface area contributed by atoms with Crippen LogP contribution in [0, 0.1) is 9.49 Å². The van der Waals surface area contributed by atoms with Crippen molar-refractivity contribution in [3.8, 4) is 0 Å². The van der Waals surface area contributed by atoms with Gasteiger partial charge in [0.2, 0.25) is 0 Å². The lowest BCUT2D eigenvalue weighted by Gasteiger charge is -2.33. The Balaban J connectivity index is 2.04. The van der Waals surface area contributed by atoms with Gasteiger partial charge in [0.25, 0.3) is 5.91 Å². The van der Waals surface area contributed by atoms with E-state index in [1.54, 1.807) is 0 Å². The number of halogens is 2. The maximum Gasteiger partial charge on any atom is 0.259 e. The van der Waals surface area contributed by atoms with Gasteiger partial charge >= 0.3 is 0 Å². The lowest BCUT2D eigenvalue weighted by molar-refractivity contribution is 0.0980. The molecule has 0 aliphatic carbocycles. The molecule has 0 N–H and O–H groups in total. The van der Waals surface area contributed by atoms with Crippen molar-refractivity contribution >= 4 is 50.1 Å². The van der Waals surface area contributed by atoms with E-state index in [4.69, 9.17) is 0 Å². The summed E-state index contributed by atoms with van der Waals surface area (Å²) in [5, 5.41) is 0. The number of carbonyl (C=O) groups excluding carboxylic acids is 1. The Morgan fingerprint density at radius 1 is 1.29 bits per heavy atom. The summed E-state index contributed by atoms with van der Waals surface area (Å²) in [4.78, 5) is 14.9. The van der Waals surface area contributed by atoms with Gasteiger partial charge in [0, 0.05) is 20.3 Å². The molecule has 2 aromatic carbocycles. The van der Waals surface area contributed by atoms with Crippen LogP contribution in [0.4, 0.5) is 5.69 Å². The summed E-state index contributed by atoms with van der Waals surface area (Å²) >= 11 is 5.74. The molecule has 0 bridgehead atoms. The summed E-state index contributed by atoms with van der Waals surface area (Å²) < 4.78 is 1.92. The second-order valence-corrected chi connectivity index (χ2v) is 7.58.